The Balaban J connectivity index is 2.86. The van der Waals surface area contributed by atoms with Gasteiger partial charge >= 0.3 is 0 Å². The number of aliphatic hydroxyl groups is 1. The zero-order valence-electron chi connectivity index (χ0n) is 7.07. The molecule has 13 heavy (non-hydrogen) atoms. The highest BCUT2D eigenvalue weighted by atomic mass is 79.9. The SMILES string of the molecule is N#CC(CCO)c1cccc(Br)c1. The molecule has 0 radical (unpaired) electrons. The number of aliphatic hydroxyl groups excluding tert-OH is 1. The first kappa shape index (κ1) is 10.2. The second-order valence-electron chi connectivity index (χ2n) is 2.75. The van der Waals surface area contributed by atoms with Gasteiger partial charge in [0, 0.05) is 11.1 Å². The van der Waals surface area contributed by atoms with Gasteiger partial charge in [-0.25, -0.2) is 0 Å². The molecule has 0 bridgehead atoms. The van der Waals surface area contributed by atoms with E-state index in [1.54, 1.807) is 0 Å². The second kappa shape index (κ2) is 5.00. The van der Waals surface area contributed by atoms with Crippen molar-refractivity contribution in [3.05, 3.63) is 34.3 Å². The van der Waals surface area contributed by atoms with Gasteiger partial charge in [-0.2, -0.15) is 5.26 Å². The summed E-state index contributed by atoms with van der Waals surface area (Å²) in [5, 5.41) is 17.6. The minimum atomic E-state index is -0.206. The van der Waals surface area contributed by atoms with E-state index in [0.717, 1.165) is 10.0 Å². The molecule has 1 aromatic carbocycles. The fourth-order valence-electron chi connectivity index (χ4n) is 1.16. The Kier molecular flexibility index (Phi) is 3.94. The lowest BCUT2D eigenvalue weighted by Crippen LogP contribution is -1.98. The predicted octanol–water partition coefficient (Wildman–Crippen LogP) is 2.44. The lowest BCUT2D eigenvalue weighted by molar-refractivity contribution is 0.283. The van der Waals surface area contributed by atoms with Gasteiger partial charge in [0.15, 0.2) is 0 Å². The molecule has 0 saturated carbocycles. The average Bonchev–Trinajstić information content (AvgIpc) is 2.14. The van der Waals surface area contributed by atoms with Gasteiger partial charge in [0.05, 0.1) is 12.0 Å². The Morgan fingerprint density at radius 3 is 2.85 bits per heavy atom. The Labute approximate surface area is 85.9 Å². The van der Waals surface area contributed by atoms with Crippen molar-refractivity contribution in [2.45, 2.75) is 12.3 Å². The van der Waals surface area contributed by atoms with Crippen LogP contribution in [0, 0.1) is 11.3 Å². The van der Waals surface area contributed by atoms with Crippen molar-refractivity contribution in [1.29, 1.82) is 5.26 Å². The van der Waals surface area contributed by atoms with Crippen LogP contribution in [0.25, 0.3) is 0 Å². The van der Waals surface area contributed by atoms with Gasteiger partial charge in [-0.15, -0.1) is 0 Å². The number of hydrogen-bond acceptors (Lipinski definition) is 2. The third-order valence-corrected chi connectivity index (χ3v) is 2.32. The van der Waals surface area contributed by atoms with E-state index in [-0.39, 0.29) is 12.5 Å². The van der Waals surface area contributed by atoms with Crippen LogP contribution in [0.15, 0.2) is 28.7 Å². The Morgan fingerprint density at radius 1 is 1.54 bits per heavy atom. The summed E-state index contributed by atoms with van der Waals surface area (Å²) in [6, 6.07) is 9.77. The van der Waals surface area contributed by atoms with Crippen LogP contribution in [0.2, 0.25) is 0 Å². The fourth-order valence-corrected chi connectivity index (χ4v) is 1.58. The predicted molar refractivity (Wildman–Crippen MR) is 54.2 cm³/mol. The molecular weight excluding hydrogens is 230 g/mol. The first-order valence-corrected chi connectivity index (χ1v) is 4.83. The van der Waals surface area contributed by atoms with Gasteiger partial charge in [-0.05, 0) is 24.1 Å². The Bertz CT molecular complexity index is 319. The minimum absolute atomic E-state index is 0.0464. The number of rotatable bonds is 3. The maximum atomic E-state index is 8.83. The normalized spacial score (nSPS) is 12.1. The topological polar surface area (TPSA) is 44.0 Å². The van der Waals surface area contributed by atoms with Crippen LogP contribution in [0.3, 0.4) is 0 Å². The van der Waals surface area contributed by atoms with Gasteiger partial charge < -0.3 is 5.11 Å². The molecule has 3 heteroatoms. The lowest BCUT2D eigenvalue weighted by Gasteiger charge is -2.07. The van der Waals surface area contributed by atoms with Gasteiger partial charge in [-0.1, -0.05) is 28.1 Å². The van der Waals surface area contributed by atoms with Crippen LogP contribution < -0.4 is 0 Å². The zero-order valence-corrected chi connectivity index (χ0v) is 8.66. The van der Waals surface area contributed by atoms with Crippen molar-refractivity contribution in [3.8, 4) is 6.07 Å². The van der Waals surface area contributed by atoms with E-state index >= 15 is 0 Å². The number of halogens is 1. The second-order valence-corrected chi connectivity index (χ2v) is 3.66. The maximum absolute atomic E-state index is 8.83. The van der Waals surface area contributed by atoms with E-state index < -0.39 is 0 Å². The van der Waals surface area contributed by atoms with E-state index in [1.165, 1.54) is 0 Å². The fraction of sp³-hybridized carbons (Fsp3) is 0.300. The van der Waals surface area contributed by atoms with Crippen LogP contribution in [0.5, 0.6) is 0 Å². The van der Waals surface area contributed by atoms with Gasteiger partial charge in [0.2, 0.25) is 0 Å². The van der Waals surface area contributed by atoms with Crippen molar-refractivity contribution in [1.82, 2.24) is 0 Å². The largest absolute Gasteiger partial charge is 0.396 e. The molecule has 2 nitrogen and oxygen atoms in total. The maximum Gasteiger partial charge on any atom is 0.0734 e. The van der Waals surface area contributed by atoms with Crippen LogP contribution in [0.4, 0.5) is 0 Å². The number of hydrogen-bond donors (Lipinski definition) is 1. The first-order chi connectivity index (χ1) is 6.27. The molecule has 1 N–H and O–H groups in total. The third kappa shape index (κ3) is 2.83. The standard InChI is InChI=1S/C10H10BrNO/c11-10-3-1-2-8(6-10)9(7-12)4-5-13/h1-3,6,9,13H,4-5H2. The highest BCUT2D eigenvalue weighted by Gasteiger charge is 2.09. The van der Waals surface area contributed by atoms with Gasteiger partial charge in [0.25, 0.3) is 0 Å². The van der Waals surface area contributed by atoms with Crippen molar-refractivity contribution in [3.63, 3.8) is 0 Å². The summed E-state index contributed by atoms with van der Waals surface area (Å²) in [4.78, 5) is 0. The van der Waals surface area contributed by atoms with E-state index in [9.17, 15) is 0 Å². The molecule has 0 aromatic heterocycles. The van der Waals surface area contributed by atoms with Crippen molar-refractivity contribution >= 4 is 15.9 Å². The van der Waals surface area contributed by atoms with E-state index in [4.69, 9.17) is 10.4 Å². The molecule has 0 aliphatic heterocycles. The molecule has 1 aromatic rings. The summed E-state index contributed by atoms with van der Waals surface area (Å²) in [5.74, 6) is -0.206. The smallest absolute Gasteiger partial charge is 0.0734 e. The van der Waals surface area contributed by atoms with Crippen LogP contribution in [-0.2, 0) is 0 Å². The molecule has 0 spiro atoms. The molecule has 0 amide bonds. The number of benzene rings is 1. The minimum Gasteiger partial charge on any atom is -0.396 e. The Hall–Kier alpha value is -0.850. The van der Waals surface area contributed by atoms with Crippen LogP contribution in [-0.4, -0.2) is 11.7 Å². The van der Waals surface area contributed by atoms with Crippen LogP contribution >= 0.6 is 15.9 Å². The van der Waals surface area contributed by atoms with Gasteiger partial charge in [0.1, 0.15) is 0 Å². The monoisotopic (exact) mass is 239 g/mol. The summed E-state index contributed by atoms with van der Waals surface area (Å²) in [7, 11) is 0. The Morgan fingerprint density at radius 2 is 2.31 bits per heavy atom. The molecule has 0 fully saturated rings. The molecule has 1 rings (SSSR count). The molecule has 0 aliphatic carbocycles. The quantitative estimate of drug-likeness (QED) is 0.881. The molecule has 0 heterocycles. The summed E-state index contributed by atoms with van der Waals surface area (Å²) < 4.78 is 0.961. The summed E-state index contributed by atoms with van der Waals surface area (Å²) >= 11 is 3.34. The number of nitriles is 1. The first-order valence-electron chi connectivity index (χ1n) is 4.04. The van der Waals surface area contributed by atoms with Crippen LogP contribution in [0.1, 0.15) is 17.9 Å². The zero-order chi connectivity index (χ0) is 9.68. The van der Waals surface area contributed by atoms with E-state index in [1.807, 2.05) is 24.3 Å². The molecule has 0 aliphatic rings. The molecule has 68 valence electrons. The van der Waals surface area contributed by atoms with Gasteiger partial charge in [-0.3, -0.25) is 0 Å². The van der Waals surface area contributed by atoms with E-state index in [2.05, 4.69) is 22.0 Å². The van der Waals surface area contributed by atoms with Crippen molar-refractivity contribution in [2.75, 3.05) is 6.61 Å². The molecule has 1 unspecified atom stereocenters. The highest BCUT2D eigenvalue weighted by Crippen LogP contribution is 2.21. The third-order valence-electron chi connectivity index (χ3n) is 1.82. The summed E-state index contributed by atoms with van der Waals surface area (Å²) in [5.41, 5.74) is 0.950. The average molecular weight is 240 g/mol. The molecule has 1 atom stereocenters. The van der Waals surface area contributed by atoms with Crippen molar-refractivity contribution < 1.29 is 5.11 Å². The summed E-state index contributed by atoms with van der Waals surface area (Å²) in [6.45, 7) is 0.0464. The molecule has 0 saturated heterocycles. The summed E-state index contributed by atoms with van der Waals surface area (Å²) in [6.07, 6.45) is 0.493. The van der Waals surface area contributed by atoms with Crippen molar-refractivity contribution in [2.24, 2.45) is 0 Å². The molecular formula is C10H10BrNO. The highest BCUT2D eigenvalue weighted by molar-refractivity contribution is 9.10. The number of nitrogens with zero attached hydrogens (tertiary/aromatic N) is 1. The lowest BCUT2D eigenvalue weighted by atomic mass is 9.98. The van der Waals surface area contributed by atoms with E-state index in [0.29, 0.717) is 6.42 Å².